The van der Waals surface area contributed by atoms with Crippen LogP contribution in [0.1, 0.15) is 0 Å². The first-order chi connectivity index (χ1) is 9.65. The number of nitrogens with zero attached hydrogens (tertiary/aromatic N) is 2. The number of benzene rings is 1. The lowest BCUT2D eigenvalue weighted by molar-refractivity contribution is -0.385. The molecule has 6 nitrogen and oxygen atoms in total. The molecular formula is C13H11N3O3S. The molecule has 0 fully saturated rings. The summed E-state index contributed by atoms with van der Waals surface area (Å²) in [5, 5.41) is 13.1. The normalized spacial score (nSPS) is 10.0. The summed E-state index contributed by atoms with van der Waals surface area (Å²) in [6, 6.07) is 12.3. The fourth-order valence-electron chi connectivity index (χ4n) is 1.41. The second kappa shape index (κ2) is 6.67. The van der Waals surface area contributed by atoms with Gasteiger partial charge in [0, 0.05) is 11.0 Å². The summed E-state index contributed by atoms with van der Waals surface area (Å²) in [5.74, 6) is 0.345. The van der Waals surface area contributed by atoms with Gasteiger partial charge in [-0.2, -0.15) is 0 Å². The molecule has 0 atom stereocenters. The van der Waals surface area contributed by atoms with Crippen LogP contribution in [0.2, 0.25) is 0 Å². The van der Waals surface area contributed by atoms with Crippen LogP contribution in [-0.4, -0.2) is 21.6 Å². The van der Waals surface area contributed by atoms with Gasteiger partial charge >= 0.3 is 0 Å². The first kappa shape index (κ1) is 14.0. The Morgan fingerprint density at radius 3 is 2.60 bits per heavy atom. The summed E-state index contributed by atoms with van der Waals surface area (Å²) < 4.78 is 0. The van der Waals surface area contributed by atoms with Gasteiger partial charge in [0.15, 0.2) is 0 Å². The molecule has 0 saturated carbocycles. The van der Waals surface area contributed by atoms with Gasteiger partial charge in [-0.05, 0) is 18.2 Å². The van der Waals surface area contributed by atoms with Crippen LogP contribution in [-0.2, 0) is 4.79 Å². The largest absolute Gasteiger partial charge is 0.310 e. The third-order valence-electron chi connectivity index (χ3n) is 2.34. The smallest absolute Gasteiger partial charge is 0.287 e. The van der Waals surface area contributed by atoms with Crippen molar-refractivity contribution in [3.63, 3.8) is 0 Å². The van der Waals surface area contributed by atoms with Crippen molar-refractivity contribution in [3.8, 4) is 0 Å². The van der Waals surface area contributed by atoms with Crippen molar-refractivity contribution < 1.29 is 9.72 Å². The summed E-state index contributed by atoms with van der Waals surface area (Å²) in [4.78, 5) is 26.4. The van der Waals surface area contributed by atoms with E-state index < -0.39 is 4.92 Å². The number of aromatic nitrogens is 1. The first-order valence-electron chi connectivity index (χ1n) is 5.73. The number of nitrogens with one attached hydrogen (secondary N) is 1. The molecule has 1 N–H and O–H groups in total. The number of thioether (sulfide) groups is 1. The molecule has 102 valence electrons. The number of hydrogen-bond acceptors (Lipinski definition) is 5. The highest BCUT2D eigenvalue weighted by molar-refractivity contribution is 8.00. The molecule has 2 rings (SSSR count). The SMILES string of the molecule is O=C(CSc1ccccc1)Nc1ccc([N+](=O)[O-])cn1. The Balaban J connectivity index is 1.86. The quantitative estimate of drug-likeness (QED) is 0.519. The van der Waals surface area contributed by atoms with Crippen LogP contribution < -0.4 is 5.32 Å². The van der Waals surface area contributed by atoms with Crippen LogP contribution in [0.5, 0.6) is 0 Å². The van der Waals surface area contributed by atoms with Gasteiger partial charge in [-0.3, -0.25) is 14.9 Å². The van der Waals surface area contributed by atoms with Gasteiger partial charge in [0.2, 0.25) is 5.91 Å². The average Bonchev–Trinajstić information content (AvgIpc) is 2.47. The van der Waals surface area contributed by atoms with E-state index in [4.69, 9.17) is 0 Å². The van der Waals surface area contributed by atoms with E-state index in [2.05, 4.69) is 10.3 Å². The molecule has 1 aromatic carbocycles. The Kier molecular flexibility index (Phi) is 4.67. The van der Waals surface area contributed by atoms with Crippen LogP contribution in [0.3, 0.4) is 0 Å². The lowest BCUT2D eigenvalue weighted by Crippen LogP contribution is -2.14. The van der Waals surface area contributed by atoms with Gasteiger partial charge in [0.25, 0.3) is 5.69 Å². The molecule has 0 radical (unpaired) electrons. The zero-order valence-corrected chi connectivity index (χ0v) is 11.2. The van der Waals surface area contributed by atoms with Crippen LogP contribution in [0.15, 0.2) is 53.6 Å². The minimum absolute atomic E-state index is 0.110. The van der Waals surface area contributed by atoms with Crippen molar-refractivity contribution in [2.75, 3.05) is 11.1 Å². The minimum atomic E-state index is -0.538. The molecule has 1 aromatic heterocycles. The predicted octanol–water partition coefficient (Wildman–Crippen LogP) is 2.72. The van der Waals surface area contributed by atoms with Gasteiger partial charge in [0.05, 0.1) is 10.7 Å². The number of carbonyl (C=O) groups excluding carboxylic acids is 1. The predicted molar refractivity (Wildman–Crippen MR) is 76.7 cm³/mol. The Morgan fingerprint density at radius 2 is 2.00 bits per heavy atom. The maximum atomic E-state index is 11.7. The number of pyridine rings is 1. The molecule has 0 unspecified atom stereocenters. The molecule has 7 heteroatoms. The fraction of sp³-hybridized carbons (Fsp3) is 0.0769. The van der Waals surface area contributed by atoms with Gasteiger partial charge < -0.3 is 5.32 Å². The molecule has 1 amide bonds. The molecular weight excluding hydrogens is 278 g/mol. The first-order valence-corrected chi connectivity index (χ1v) is 6.72. The monoisotopic (exact) mass is 289 g/mol. The third-order valence-corrected chi connectivity index (χ3v) is 3.35. The Labute approximate surface area is 119 Å². The van der Waals surface area contributed by atoms with Crippen LogP contribution in [0, 0.1) is 10.1 Å². The van der Waals surface area contributed by atoms with Crippen molar-refractivity contribution in [3.05, 3.63) is 58.8 Å². The fourth-order valence-corrected chi connectivity index (χ4v) is 2.13. The summed E-state index contributed by atoms with van der Waals surface area (Å²) >= 11 is 1.41. The molecule has 0 bridgehead atoms. The molecule has 0 spiro atoms. The van der Waals surface area contributed by atoms with Gasteiger partial charge in [0.1, 0.15) is 12.0 Å². The summed E-state index contributed by atoms with van der Waals surface area (Å²) in [6.07, 6.45) is 1.11. The van der Waals surface area contributed by atoms with Crippen molar-refractivity contribution in [1.29, 1.82) is 0 Å². The van der Waals surface area contributed by atoms with Crippen molar-refractivity contribution in [2.24, 2.45) is 0 Å². The van der Waals surface area contributed by atoms with E-state index in [1.165, 1.54) is 23.9 Å². The van der Waals surface area contributed by atoms with Crippen molar-refractivity contribution in [1.82, 2.24) is 4.98 Å². The molecule has 20 heavy (non-hydrogen) atoms. The summed E-state index contributed by atoms with van der Waals surface area (Å²) in [7, 11) is 0. The molecule has 0 aliphatic rings. The van der Waals surface area contributed by atoms with E-state index in [1.54, 1.807) is 0 Å². The zero-order chi connectivity index (χ0) is 14.4. The highest BCUT2D eigenvalue weighted by atomic mass is 32.2. The molecule has 0 saturated heterocycles. The lowest BCUT2D eigenvalue weighted by atomic mass is 10.4. The molecule has 1 heterocycles. The Bertz CT molecular complexity index is 602. The van der Waals surface area contributed by atoms with Gasteiger partial charge in [-0.25, -0.2) is 4.98 Å². The van der Waals surface area contributed by atoms with Crippen molar-refractivity contribution >= 4 is 29.2 Å². The van der Waals surface area contributed by atoms with Crippen molar-refractivity contribution in [2.45, 2.75) is 4.90 Å². The average molecular weight is 289 g/mol. The minimum Gasteiger partial charge on any atom is -0.310 e. The van der Waals surface area contributed by atoms with E-state index >= 15 is 0 Å². The van der Waals surface area contributed by atoms with E-state index in [1.807, 2.05) is 30.3 Å². The van der Waals surface area contributed by atoms with E-state index in [0.717, 1.165) is 11.1 Å². The van der Waals surface area contributed by atoms with E-state index in [-0.39, 0.29) is 17.3 Å². The standard InChI is InChI=1S/C13H11N3O3S/c17-13(9-20-11-4-2-1-3-5-11)15-12-7-6-10(8-14-12)16(18)19/h1-8H,9H2,(H,14,15,17). The number of nitro groups is 1. The number of amides is 1. The zero-order valence-electron chi connectivity index (χ0n) is 10.4. The maximum absolute atomic E-state index is 11.7. The number of anilines is 1. The molecule has 0 aliphatic carbocycles. The Morgan fingerprint density at radius 1 is 1.25 bits per heavy atom. The summed E-state index contributed by atoms with van der Waals surface area (Å²) in [6.45, 7) is 0. The van der Waals surface area contributed by atoms with Crippen LogP contribution in [0.4, 0.5) is 11.5 Å². The third kappa shape index (κ3) is 4.06. The second-order valence-corrected chi connectivity index (χ2v) is 4.86. The highest BCUT2D eigenvalue weighted by Gasteiger charge is 2.08. The Hall–Kier alpha value is -2.41. The summed E-state index contributed by atoms with van der Waals surface area (Å²) in [5.41, 5.74) is -0.110. The number of carbonyl (C=O) groups is 1. The van der Waals surface area contributed by atoms with Crippen LogP contribution >= 0.6 is 11.8 Å². The molecule has 0 aliphatic heterocycles. The van der Waals surface area contributed by atoms with Crippen LogP contribution in [0.25, 0.3) is 0 Å². The second-order valence-electron chi connectivity index (χ2n) is 3.81. The highest BCUT2D eigenvalue weighted by Crippen LogP contribution is 2.17. The van der Waals surface area contributed by atoms with E-state index in [9.17, 15) is 14.9 Å². The topological polar surface area (TPSA) is 85.1 Å². The van der Waals surface area contributed by atoms with Gasteiger partial charge in [-0.15, -0.1) is 11.8 Å². The van der Waals surface area contributed by atoms with E-state index in [0.29, 0.717) is 5.82 Å². The molecule has 2 aromatic rings. The lowest BCUT2D eigenvalue weighted by Gasteiger charge is -2.04. The number of hydrogen-bond donors (Lipinski definition) is 1. The maximum Gasteiger partial charge on any atom is 0.287 e. The number of rotatable bonds is 5. The van der Waals surface area contributed by atoms with Gasteiger partial charge in [-0.1, -0.05) is 18.2 Å².